The predicted molar refractivity (Wildman–Crippen MR) is 135 cm³/mol. The maximum atomic E-state index is 13.4. The number of benzene rings is 2. The van der Waals surface area contributed by atoms with Gasteiger partial charge in [-0.2, -0.15) is 5.10 Å². The fourth-order valence-corrected chi connectivity index (χ4v) is 4.61. The maximum Gasteiger partial charge on any atom is 0.272 e. The summed E-state index contributed by atoms with van der Waals surface area (Å²) in [6.45, 7) is 2.67. The van der Waals surface area contributed by atoms with Crippen LogP contribution in [0, 0.1) is 0 Å². The molecule has 0 saturated carbocycles. The summed E-state index contributed by atoms with van der Waals surface area (Å²) in [6, 6.07) is 14.0. The standard InChI is InChI=1S/C25H25Cl2N5O3/c1-15(33)31-12-10-18(11-13-31)29-25(35)23-19(14-22(28)34)24(16-6-8-17(26)9-7-16)32(30-23)21-5-3-2-4-20(21)27/h2-9,18H,10-14H2,1H3,(H2,28,34)(H,29,35). The van der Waals surface area contributed by atoms with E-state index in [1.165, 1.54) is 6.92 Å². The van der Waals surface area contributed by atoms with Crippen molar-refractivity contribution >= 4 is 40.9 Å². The van der Waals surface area contributed by atoms with Crippen LogP contribution in [0.2, 0.25) is 10.0 Å². The normalized spacial score (nSPS) is 14.1. The van der Waals surface area contributed by atoms with Gasteiger partial charge in [-0.25, -0.2) is 4.68 Å². The zero-order valence-electron chi connectivity index (χ0n) is 19.1. The third-order valence-corrected chi connectivity index (χ3v) is 6.59. The first-order valence-corrected chi connectivity index (χ1v) is 12.0. The number of nitrogens with two attached hydrogens (primary N) is 1. The van der Waals surface area contributed by atoms with Crippen LogP contribution >= 0.6 is 23.2 Å². The third-order valence-electron chi connectivity index (χ3n) is 6.02. The Hall–Kier alpha value is -3.36. The number of aromatic nitrogens is 2. The Balaban J connectivity index is 1.78. The van der Waals surface area contributed by atoms with Crippen LogP contribution in [0.5, 0.6) is 0 Å². The second kappa shape index (κ2) is 10.5. The smallest absolute Gasteiger partial charge is 0.272 e. The van der Waals surface area contributed by atoms with E-state index in [4.69, 9.17) is 28.9 Å². The van der Waals surface area contributed by atoms with Crippen molar-refractivity contribution in [1.29, 1.82) is 0 Å². The summed E-state index contributed by atoms with van der Waals surface area (Å²) in [4.78, 5) is 38.9. The number of nitrogens with zero attached hydrogens (tertiary/aromatic N) is 3. The van der Waals surface area contributed by atoms with E-state index in [2.05, 4.69) is 10.4 Å². The van der Waals surface area contributed by atoms with Gasteiger partial charge in [-0.3, -0.25) is 14.4 Å². The number of piperidine rings is 1. The zero-order chi connectivity index (χ0) is 25.1. The van der Waals surface area contributed by atoms with Gasteiger partial charge in [-0.1, -0.05) is 47.5 Å². The molecular formula is C25H25Cl2N5O3. The van der Waals surface area contributed by atoms with Crippen molar-refractivity contribution in [2.24, 2.45) is 5.73 Å². The summed E-state index contributed by atoms with van der Waals surface area (Å²) >= 11 is 12.6. The highest BCUT2D eigenvalue weighted by Gasteiger charge is 2.29. The average molecular weight is 514 g/mol. The van der Waals surface area contributed by atoms with E-state index in [0.29, 0.717) is 58.5 Å². The molecule has 2 heterocycles. The molecule has 0 radical (unpaired) electrons. The summed E-state index contributed by atoms with van der Waals surface area (Å²) in [5.41, 5.74) is 7.87. The number of hydrogen-bond donors (Lipinski definition) is 2. The molecule has 0 spiro atoms. The highest BCUT2D eigenvalue weighted by atomic mass is 35.5. The van der Waals surface area contributed by atoms with Crippen molar-refractivity contribution < 1.29 is 14.4 Å². The minimum absolute atomic E-state index is 0.0182. The van der Waals surface area contributed by atoms with Crippen LogP contribution in [0.1, 0.15) is 35.8 Å². The molecule has 4 rings (SSSR count). The lowest BCUT2D eigenvalue weighted by molar-refractivity contribution is -0.129. The number of carbonyl (C=O) groups excluding carboxylic acids is 3. The molecule has 3 N–H and O–H groups in total. The SMILES string of the molecule is CC(=O)N1CCC(NC(=O)c2nn(-c3ccccc3Cl)c(-c3ccc(Cl)cc3)c2CC(N)=O)CC1. The Bertz CT molecular complexity index is 1260. The van der Waals surface area contributed by atoms with Crippen LogP contribution in [0.3, 0.4) is 0 Å². The lowest BCUT2D eigenvalue weighted by atomic mass is 10.0. The number of hydrogen-bond acceptors (Lipinski definition) is 4. The van der Waals surface area contributed by atoms with Gasteiger partial charge in [0.2, 0.25) is 11.8 Å². The van der Waals surface area contributed by atoms with Gasteiger partial charge < -0.3 is 16.0 Å². The first-order valence-electron chi connectivity index (χ1n) is 11.2. The first kappa shape index (κ1) is 24.8. The lowest BCUT2D eigenvalue weighted by Crippen LogP contribution is -2.46. The molecule has 0 aliphatic carbocycles. The van der Waals surface area contributed by atoms with E-state index >= 15 is 0 Å². The number of primary amides is 1. The molecule has 3 aromatic rings. The summed E-state index contributed by atoms with van der Waals surface area (Å²) < 4.78 is 1.57. The van der Waals surface area contributed by atoms with Crippen molar-refractivity contribution in [1.82, 2.24) is 20.0 Å². The van der Waals surface area contributed by atoms with E-state index in [1.807, 2.05) is 6.07 Å². The zero-order valence-corrected chi connectivity index (χ0v) is 20.6. The molecule has 1 aliphatic rings. The van der Waals surface area contributed by atoms with Crippen molar-refractivity contribution in [3.05, 3.63) is 69.8 Å². The molecule has 1 aromatic heterocycles. The van der Waals surface area contributed by atoms with E-state index in [-0.39, 0.29) is 24.1 Å². The Morgan fingerprint density at radius 2 is 1.71 bits per heavy atom. The van der Waals surface area contributed by atoms with E-state index in [9.17, 15) is 14.4 Å². The van der Waals surface area contributed by atoms with Crippen LogP contribution in [-0.2, 0) is 16.0 Å². The average Bonchev–Trinajstić information content (AvgIpc) is 3.18. The highest BCUT2D eigenvalue weighted by molar-refractivity contribution is 6.32. The molecule has 1 saturated heterocycles. The Labute approximate surface area is 213 Å². The van der Waals surface area contributed by atoms with E-state index < -0.39 is 11.8 Å². The minimum atomic E-state index is -0.595. The number of nitrogens with one attached hydrogen (secondary N) is 1. The first-order chi connectivity index (χ1) is 16.7. The number of likely N-dealkylation sites (tertiary alicyclic amines) is 1. The Morgan fingerprint density at radius 3 is 2.31 bits per heavy atom. The summed E-state index contributed by atoms with van der Waals surface area (Å²) in [7, 11) is 0. The van der Waals surface area contributed by atoms with Crippen LogP contribution in [0.25, 0.3) is 16.9 Å². The minimum Gasteiger partial charge on any atom is -0.369 e. The van der Waals surface area contributed by atoms with Gasteiger partial charge in [0.15, 0.2) is 5.69 Å². The lowest BCUT2D eigenvalue weighted by Gasteiger charge is -2.31. The quantitative estimate of drug-likeness (QED) is 0.524. The van der Waals surface area contributed by atoms with Crippen LogP contribution in [-0.4, -0.2) is 51.5 Å². The molecule has 1 aliphatic heterocycles. The van der Waals surface area contributed by atoms with E-state index in [1.54, 1.807) is 52.0 Å². The Kier molecular flexibility index (Phi) is 7.42. The predicted octanol–water partition coefficient (Wildman–Crippen LogP) is 3.61. The summed E-state index contributed by atoms with van der Waals surface area (Å²) in [5.74, 6) is -0.990. The molecule has 0 unspecified atom stereocenters. The Morgan fingerprint density at radius 1 is 1.06 bits per heavy atom. The molecule has 8 nitrogen and oxygen atoms in total. The van der Waals surface area contributed by atoms with Crippen LogP contribution in [0.4, 0.5) is 0 Å². The molecule has 35 heavy (non-hydrogen) atoms. The molecule has 1 fully saturated rings. The second-order valence-electron chi connectivity index (χ2n) is 8.44. The van der Waals surface area contributed by atoms with Crippen LogP contribution in [0.15, 0.2) is 48.5 Å². The molecule has 0 atom stereocenters. The molecular weight excluding hydrogens is 489 g/mol. The van der Waals surface area contributed by atoms with Crippen LogP contribution < -0.4 is 11.1 Å². The number of para-hydroxylation sites is 1. The fraction of sp³-hybridized carbons (Fsp3) is 0.280. The number of amides is 3. The van der Waals surface area contributed by atoms with Crippen molar-refractivity contribution in [3.63, 3.8) is 0 Å². The van der Waals surface area contributed by atoms with E-state index in [0.717, 1.165) is 0 Å². The van der Waals surface area contributed by atoms with Gasteiger partial charge in [0, 0.05) is 42.2 Å². The number of halogens is 2. The molecule has 182 valence electrons. The number of carbonyl (C=O) groups is 3. The monoisotopic (exact) mass is 513 g/mol. The molecule has 10 heteroatoms. The molecule has 3 amide bonds. The number of rotatable bonds is 6. The van der Waals surface area contributed by atoms with Gasteiger partial charge in [0.05, 0.1) is 22.8 Å². The van der Waals surface area contributed by atoms with Crippen molar-refractivity contribution in [2.75, 3.05) is 13.1 Å². The maximum absolute atomic E-state index is 13.4. The molecule has 0 bridgehead atoms. The van der Waals surface area contributed by atoms with Gasteiger partial charge in [-0.15, -0.1) is 0 Å². The second-order valence-corrected chi connectivity index (χ2v) is 9.29. The van der Waals surface area contributed by atoms with Gasteiger partial charge in [0.1, 0.15) is 0 Å². The highest BCUT2D eigenvalue weighted by Crippen LogP contribution is 2.33. The summed E-state index contributed by atoms with van der Waals surface area (Å²) in [6.07, 6.45) is 1.07. The van der Waals surface area contributed by atoms with Crippen molar-refractivity contribution in [2.45, 2.75) is 32.2 Å². The van der Waals surface area contributed by atoms with Crippen molar-refractivity contribution in [3.8, 4) is 16.9 Å². The van der Waals surface area contributed by atoms with Gasteiger partial charge in [-0.05, 0) is 37.1 Å². The largest absolute Gasteiger partial charge is 0.369 e. The molecule has 2 aromatic carbocycles. The third kappa shape index (κ3) is 5.49. The topological polar surface area (TPSA) is 110 Å². The van der Waals surface area contributed by atoms with Gasteiger partial charge in [0.25, 0.3) is 5.91 Å². The fourth-order valence-electron chi connectivity index (χ4n) is 4.27. The van der Waals surface area contributed by atoms with Gasteiger partial charge >= 0.3 is 0 Å². The summed E-state index contributed by atoms with van der Waals surface area (Å²) in [5, 5.41) is 8.61.